The lowest BCUT2D eigenvalue weighted by molar-refractivity contribution is -0.384. The summed E-state index contributed by atoms with van der Waals surface area (Å²) >= 11 is 1.41. The van der Waals surface area contributed by atoms with Gasteiger partial charge in [0.2, 0.25) is 0 Å². The van der Waals surface area contributed by atoms with E-state index in [2.05, 4.69) is 6.92 Å². The van der Waals surface area contributed by atoms with E-state index in [1.54, 1.807) is 25.3 Å². The van der Waals surface area contributed by atoms with Crippen molar-refractivity contribution < 1.29 is 19.2 Å². The summed E-state index contributed by atoms with van der Waals surface area (Å²) in [6.45, 7) is 2.46. The summed E-state index contributed by atoms with van der Waals surface area (Å²) in [4.78, 5) is 31.6. The van der Waals surface area contributed by atoms with Crippen LogP contribution < -0.4 is 9.47 Å². The molecule has 0 unspecified atom stereocenters. The number of carbonyl (C=O) groups is 1. The number of benzene rings is 3. The lowest BCUT2D eigenvalue weighted by atomic mass is 9.85. The Morgan fingerprint density at radius 3 is 2.50 bits per heavy atom. The van der Waals surface area contributed by atoms with Crippen molar-refractivity contribution in [2.75, 3.05) is 7.11 Å². The van der Waals surface area contributed by atoms with Crippen LogP contribution in [0.4, 0.5) is 11.4 Å². The highest BCUT2D eigenvalue weighted by molar-refractivity contribution is 8.18. The number of carbonyl (C=O) groups excluding carboxylic acids is 1. The summed E-state index contributed by atoms with van der Waals surface area (Å²) in [5.41, 5.74) is 2.47. The summed E-state index contributed by atoms with van der Waals surface area (Å²) in [6.07, 6.45) is 6.26. The van der Waals surface area contributed by atoms with Crippen LogP contribution in [-0.2, 0) is 11.4 Å². The molecule has 2 aliphatic rings. The maximum Gasteiger partial charge on any atom is 0.269 e. The molecule has 3 aromatic rings. The first kappa shape index (κ1) is 27.5. The zero-order valence-corrected chi connectivity index (χ0v) is 23.3. The molecule has 1 heterocycles. The van der Waals surface area contributed by atoms with E-state index in [1.807, 2.05) is 53.4 Å². The van der Waals surface area contributed by atoms with E-state index in [4.69, 9.17) is 14.5 Å². The Morgan fingerprint density at radius 1 is 1.05 bits per heavy atom. The average molecular weight is 558 g/mol. The van der Waals surface area contributed by atoms with Gasteiger partial charge in [-0.3, -0.25) is 19.8 Å². The molecule has 1 aliphatic carbocycles. The zero-order chi connectivity index (χ0) is 28.1. The standard InChI is InChI=1S/C31H31N3O5S/c1-21-8-6-7-11-26(21)33-30(35)29(40-31(33)32-24-9-4-3-5-10-24)19-23-14-17-27(28(18-23)38-2)39-20-22-12-15-25(16-13-22)34(36)37/h3-5,9-10,12-19,21,26H,6-8,11,20H2,1-2H3/b29-19-,32-31?/t21-,26-/m1/s1. The number of rotatable bonds is 8. The van der Waals surface area contributed by atoms with E-state index in [-0.39, 0.29) is 24.2 Å². The molecule has 1 saturated heterocycles. The van der Waals surface area contributed by atoms with Crippen LogP contribution in [0.2, 0.25) is 0 Å². The Bertz CT molecular complexity index is 1440. The molecular formula is C31H31N3O5S. The molecule has 2 atom stereocenters. The summed E-state index contributed by atoms with van der Waals surface area (Å²) in [5.74, 6) is 1.46. The Kier molecular flexibility index (Phi) is 8.50. The van der Waals surface area contributed by atoms with Crippen molar-refractivity contribution in [2.45, 2.75) is 45.3 Å². The van der Waals surface area contributed by atoms with Gasteiger partial charge in [0, 0.05) is 18.2 Å². The van der Waals surface area contributed by atoms with Crippen molar-refractivity contribution in [2.24, 2.45) is 10.9 Å². The Morgan fingerprint density at radius 2 is 1.80 bits per heavy atom. The van der Waals surface area contributed by atoms with Gasteiger partial charge < -0.3 is 9.47 Å². The topological polar surface area (TPSA) is 94.3 Å². The minimum atomic E-state index is -0.431. The number of thioether (sulfide) groups is 1. The van der Waals surface area contributed by atoms with Crippen LogP contribution >= 0.6 is 11.8 Å². The van der Waals surface area contributed by atoms with Gasteiger partial charge in [0.05, 0.1) is 22.6 Å². The van der Waals surface area contributed by atoms with Crippen LogP contribution in [0.5, 0.6) is 11.5 Å². The molecule has 9 heteroatoms. The number of nitrogens with zero attached hydrogens (tertiary/aromatic N) is 3. The Hall–Kier alpha value is -4.11. The van der Waals surface area contributed by atoms with Gasteiger partial charge in [-0.1, -0.05) is 44.0 Å². The number of methoxy groups -OCH3 is 1. The number of aliphatic imine (C=N–C) groups is 1. The molecule has 206 valence electrons. The highest BCUT2D eigenvalue weighted by Crippen LogP contribution is 2.40. The van der Waals surface area contributed by atoms with Crippen molar-refractivity contribution in [1.29, 1.82) is 0 Å². The molecule has 40 heavy (non-hydrogen) atoms. The van der Waals surface area contributed by atoms with Crippen molar-refractivity contribution >= 4 is 40.3 Å². The van der Waals surface area contributed by atoms with Crippen LogP contribution in [0.15, 0.2) is 82.7 Å². The first-order valence-corrected chi connectivity index (χ1v) is 14.2. The third-order valence-electron chi connectivity index (χ3n) is 7.24. The Balaban J connectivity index is 1.38. The van der Waals surface area contributed by atoms with Crippen LogP contribution in [0.1, 0.15) is 43.7 Å². The molecule has 0 radical (unpaired) electrons. The molecule has 5 rings (SSSR count). The number of amides is 1. The predicted molar refractivity (Wildman–Crippen MR) is 158 cm³/mol. The number of hydrogen-bond acceptors (Lipinski definition) is 7. The van der Waals surface area contributed by atoms with Crippen molar-refractivity contribution in [3.8, 4) is 11.5 Å². The van der Waals surface area contributed by atoms with Crippen LogP contribution in [0.3, 0.4) is 0 Å². The third-order valence-corrected chi connectivity index (χ3v) is 8.23. The molecule has 1 amide bonds. The average Bonchev–Trinajstić information content (AvgIpc) is 3.26. The van der Waals surface area contributed by atoms with Gasteiger partial charge in [0.25, 0.3) is 11.6 Å². The van der Waals surface area contributed by atoms with Crippen molar-refractivity contribution in [3.05, 3.63) is 98.9 Å². The predicted octanol–water partition coefficient (Wildman–Crippen LogP) is 7.37. The third kappa shape index (κ3) is 6.20. The van der Waals surface area contributed by atoms with E-state index < -0.39 is 4.92 Å². The normalized spacial score (nSPS) is 21.1. The number of non-ortho nitro benzene ring substituents is 1. The first-order chi connectivity index (χ1) is 19.4. The first-order valence-electron chi connectivity index (χ1n) is 13.3. The molecule has 8 nitrogen and oxygen atoms in total. The van der Waals surface area contributed by atoms with E-state index in [9.17, 15) is 14.9 Å². The minimum Gasteiger partial charge on any atom is -0.493 e. The van der Waals surface area contributed by atoms with Gasteiger partial charge in [-0.25, -0.2) is 4.99 Å². The maximum atomic E-state index is 13.8. The second kappa shape index (κ2) is 12.4. The molecule has 1 saturated carbocycles. The fraction of sp³-hybridized carbons (Fsp3) is 0.290. The smallest absolute Gasteiger partial charge is 0.269 e. The maximum absolute atomic E-state index is 13.8. The number of nitro benzene ring substituents is 1. The monoisotopic (exact) mass is 557 g/mol. The number of amidine groups is 1. The largest absolute Gasteiger partial charge is 0.493 e. The van der Waals surface area contributed by atoms with E-state index in [0.717, 1.165) is 41.2 Å². The quantitative estimate of drug-likeness (QED) is 0.163. The summed E-state index contributed by atoms with van der Waals surface area (Å²) in [5, 5.41) is 11.6. The van der Waals surface area contributed by atoms with Crippen molar-refractivity contribution in [1.82, 2.24) is 4.90 Å². The second-order valence-corrected chi connectivity index (χ2v) is 11.0. The number of ether oxygens (including phenoxy) is 2. The highest BCUT2D eigenvalue weighted by Gasteiger charge is 2.41. The van der Waals surface area contributed by atoms with Gasteiger partial charge in [-0.2, -0.15) is 0 Å². The van der Waals surface area contributed by atoms with Crippen molar-refractivity contribution in [3.63, 3.8) is 0 Å². The molecule has 0 spiro atoms. The summed E-state index contributed by atoms with van der Waals surface area (Å²) in [7, 11) is 1.57. The number of nitro groups is 1. The van der Waals surface area contributed by atoms with Gasteiger partial charge >= 0.3 is 0 Å². The lowest BCUT2D eigenvalue weighted by Gasteiger charge is -2.35. The van der Waals surface area contributed by atoms with E-state index in [0.29, 0.717) is 22.3 Å². The van der Waals surface area contributed by atoms with Gasteiger partial charge in [-0.15, -0.1) is 0 Å². The summed E-state index contributed by atoms with van der Waals surface area (Å²) in [6, 6.07) is 21.6. The molecular weight excluding hydrogens is 526 g/mol. The van der Waals surface area contributed by atoms with E-state index >= 15 is 0 Å². The van der Waals surface area contributed by atoms with Gasteiger partial charge in [0.15, 0.2) is 16.7 Å². The number of hydrogen-bond donors (Lipinski definition) is 0. The molecule has 0 bridgehead atoms. The fourth-order valence-electron chi connectivity index (χ4n) is 5.07. The van der Waals surface area contributed by atoms with Gasteiger partial charge in [0.1, 0.15) is 6.61 Å². The van der Waals surface area contributed by atoms with Crippen LogP contribution in [0, 0.1) is 16.0 Å². The molecule has 0 N–H and O–H groups in total. The summed E-state index contributed by atoms with van der Waals surface area (Å²) < 4.78 is 11.5. The fourth-order valence-corrected chi connectivity index (χ4v) is 6.11. The zero-order valence-electron chi connectivity index (χ0n) is 22.5. The molecule has 1 aliphatic heterocycles. The van der Waals surface area contributed by atoms with Crippen LogP contribution in [-0.4, -0.2) is 34.0 Å². The molecule has 3 aromatic carbocycles. The van der Waals surface area contributed by atoms with Crippen LogP contribution in [0.25, 0.3) is 6.08 Å². The minimum absolute atomic E-state index is 0.0177. The molecule has 0 aromatic heterocycles. The number of para-hydroxylation sites is 1. The molecule has 2 fully saturated rings. The van der Waals surface area contributed by atoms with Gasteiger partial charge in [-0.05, 0) is 84.1 Å². The SMILES string of the molecule is COc1cc(/C=C2\SC(=Nc3ccccc3)N([C@@H]3CCCC[C@H]3C)C2=O)ccc1OCc1ccc([N+](=O)[O-])cc1. The van der Waals surface area contributed by atoms with E-state index in [1.165, 1.54) is 30.3 Å². The Labute approximate surface area is 237 Å². The second-order valence-electron chi connectivity index (χ2n) is 9.97. The highest BCUT2D eigenvalue weighted by atomic mass is 32.2. The lowest BCUT2D eigenvalue weighted by Crippen LogP contribution is -2.44.